The summed E-state index contributed by atoms with van der Waals surface area (Å²) in [6.07, 6.45) is 1.98. The van der Waals surface area contributed by atoms with Crippen molar-refractivity contribution in [2.24, 2.45) is 0 Å². The molecule has 0 saturated heterocycles. The molecule has 0 aliphatic carbocycles. The van der Waals surface area contributed by atoms with E-state index in [0.717, 1.165) is 22.6 Å². The van der Waals surface area contributed by atoms with Crippen LogP contribution >= 0.6 is 11.8 Å². The largest absolute Gasteiger partial charge is 0.355 e. The fraction of sp³-hybridized carbons (Fsp3) is 0.435. The van der Waals surface area contributed by atoms with Gasteiger partial charge in [0.1, 0.15) is 0 Å². The molecule has 0 radical (unpaired) electrons. The summed E-state index contributed by atoms with van der Waals surface area (Å²) in [5.41, 5.74) is 5.29. The predicted molar refractivity (Wildman–Crippen MR) is 128 cm³/mol. The molecule has 0 aromatic heterocycles. The van der Waals surface area contributed by atoms with Crippen LogP contribution in [0, 0.1) is 20.8 Å². The standard InChI is InChI=1S/C23H32N2O3S2/c1-18-14-19(2)16-22(15-18)25(30(4,27)28)12-7-10-23(26)24-11-13-29-17-21-9-6-5-8-20(21)3/h5-6,8-9,14-16H,7,10-13,17H2,1-4H3,(H,24,26). The van der Waals surface area contributed by atoms with E-state index in [1.54, 1.807) is 11.8 Å². The third kappa shape index (κ3) is 8.03. The molecule has 1 N–H and O–H groups in total. The maximum absolute atomic E-state index is 12.2. The van der Waals surface area contributed by atoms with Crippen LogP contribution in [0.1, 0.15) is 35.1 Å². The van der Waals surface area contributed by atoms with Gasteiger partial charge in [0.05, 0.1) is 11.9 Å². The van der Waals surface area contributed by atoms with E-state index in [1.165, 1.54) is 21.7 Å². The fourth-order valence-electron chi connectivity index (χ4n) is 3.27. The van der Waals surface area contributed by atoms with Gasteiger partial charge >= 0.3 is 0 Å². The first-order valence-electron chi connectivity index (χ1n) is 10.1. The Balaban J connectivity index is 1.74. The van der Waals surface area contributed by atoms with Crippen molar-refractivity contribution in [1.82, 2.24) is 5.32 Å². The highest BCUT2D eigenvalue weighted by Crippen LogP contribution is 2.22. The van der Waals surface area contributed by atoms with Crippen LogP contribution in [0.4, 0.5) is 5.69 Å². The van der Waals surface area contributed by atoms with Crippen molar-refractivity contribution in [3.63, 3.8) is 0 Å². The van der Waals surface area contributed by atoms with Gasteiger partial charge in [0, 0.05) is 31.0 Å². The molecule has 0 aliphatic rings. The van der Waals surface area contributed by atoms with E-state index in [4.69, 9.17) is 0 Å². The number of carbonyl (C=O) groups excluding carboxylic acids is 1. The lowest BCUT2D eigenvalue weighted by molar-refractivity contribution is -0.121. The zero-order valence-corrected chi connectivity index (χ0v) is 19.9. The summed E-state index contributed by atoms with van der Waals surface area (Å²) in [4.78, 5) is 12.1. The van der Waals surface area contributed by atoms with Gasteiger partial charge in [-0.05, 0) is 61.6 Å². The Hall–Kier alpha value is -1.99. The summed E-state index contributed by atoms with van der Waals surface area (Å²) in [5, 5.41) is 2.93. The highest BCUT2D eigenvalue weighted by Gasteiger charge is 2.18. The number of hydrogen-bond acceptors (Lipinski definition) is 4. The van der Waals surface area contributed by atoms with Crippen molar-refractivity contribution in [2.75, 3.05) is 29.4 Å². The molecule has 0 fully saturated rings. The predicted octanol–water partition coefficient (Wildman–Crippen LogP) is 4.21. The molecule has 1 amide bonds. The molecule has 0 unspecified atom stereocenters. The highest BCUT2D eigenvalue weighted by molar-refractivity contribution is 7.98. The minimum atomic E-state index is -3.41. The number of nitrogens with one attached hydrogen (secondary N) is 1. The SMILES string of the molecule is Cc1cc(C)cc(N(CCCC(=O)NCCSCc2ccccc2C)S(C)(=O)=O)c1. The first-order chi connectivity index (χ1) is 14.2. The summed E-state index contributed by atoms with van der Waals surface area (Å²) in [5.74, 6) is 1.74. The number of carbonyl (C=O) groups is 1. The second-order valence-electron chi connectivity index (χ2n) is 7.61. The quantitative estimate of drug-likeness (QED) is 0.523. The second kappa shape index (κ2) is 11.4. The van der Waals surface area contributed by atoms with Gasteiger partial charge < -0.3 is 5.32 Å². The van der Waals surface area contributed by atoms with Crippen LogP contribution in [0.25, 0.3) is 0 Å². The lowest BCUT2D eigenvalue weighted by atomic mass is 10.1. The van der Waals surface area contributed by atoms with E-state index < -0.39 is 10.0 Å². The molecule has 0 atom stereocenters. The van der Waals surface area contributed by atoms with Crippen molar-refractivity contribution in [3.05, 3.63) is 64.7 Å². The smallest absolute Gasteiger partial charge is 0.232 e. The number of thioether (sulfide) groups is 1. The van der Waals surface area contributed by atoms with Crippen molar-refractivity contribution in [1.29, 1.82) is 0 Å². The number of aryl methyl sites for hydroxylation is 3. The van der Waals surface area contributed by atoms with E-state index in [2.05, 4.69) is 24.4 Å². The van der Waals surface area contributed by atoms with Crippen LogP contribution in [-0.4, -0.2) is 39.4 Å². The number of nitrogens with zero attached hydrogens (tertiary/aromatic N) is 1. The molecule has 0 aliphatic heterocycles. The number of sulfonamides is 1. The number of anilines is 1. The molecule has 164 valence electrons. The summed E-state index contributed by atoms with van der Waals surface area (Å²) >= 11 is 1.79. The van der Waals surface area contributed by atoms with Gasteiger partial charge in [-0.25, -0.2) is 8.42 Å². The van der Waals surface area contributed by atoms with Crippen molar-refractivity contribution in [2.45, 2.75) is 39.4 Å². The number of amides is 1. The van der Waals surface area contributed by atoms with Crippen molar-refractivity contribution in [3.8, 4) is 0 Å². The molecule has 2 rings (SSSR count). The zero-order chi connectivity index (χ0) is 22.1. The molecule has 30 heavy (non-hydrogen) atoms. The molecule has 0 saturated carbocycles. The van der Waals surface area contributed by atoms with Crippen LogP contribution in [0.3, 0.4) is 0 Å². The Morgan fingerprint density at radius 3 is 2.37 bits per heavy atom. The Morgan fingerprint density at radius 2 is 1.73 bits per heavy atom. The van der Waals surface area contributed by atoms with Gasteiger partial charge in [0.15, 0.2) is 0 Å². The molecule has 5 nitrogen and oxygen atoms in total. The molecule has 7 heteroatoms. The van der Waals surface area contributed by atoms with Crippen LogP contribution in [0.5, 0.6) is 0 Å². The maximum Gasteiger partial charge on any atom is 0.232 e. The lowest BCUT2D eigenvalue weighted by Gasteiger charge is -2.23. The fourth-order valence-corrected chi connectivity index (χ4v) is 5.15. The molecular formula is C23H32N2O3S2. The van der Waals surface area contributed by atoms with E-state index in [1.807, 2.05) is 44.2 Å². The van der Waals surface area contributed by atoms with Gasteiger partial charge in [-0.15, -0.1) is 0 Å². The average molecular weight is 449 g/mol. The summed E-state index contributed by atoms with van der Waals surface area (Å²) < 4.78 is 25.9. The Labute approximate surface area is 185 Å². The molecular weight excluding hydrogens is 416 g/mol. The topological polar surface area (TPSA) is 66.5 Å². The zero-order valence-electron chi connectivity index (χ0n) is 18.3. The van der Waals surface area contributed by atoms with Crippen LogP contribution < -0.4 is 9.62 Å². The Kier molecular flexibility index (Phi) is 9.24. The van der Waals surface area contributed by atoms with Crippen LogP contribution in [0.15, 0.2) is 42.5 Å². The number of benzene rings is 2. The second-order valence-corrected chi connectivity index (χ2v) is 10.6. The first-order valence-corrected chi connectivity index (χ1v) is 13.1. The summed E-state index contributed by atoms with van der Waals surface area (Å²) in [7, 11) is -3.41. The van der Waals surface area contributed by atoms with E-state index >= 15 is 0 Å². The van der Waals surface area contributed by atoms with E-state index in [0.29, 0.717) is 25.1 Å². The van der Waals surface area contributed by atoms with Gasteiger partial charge in [0.2, 0.25) is 15.9 Å². The summed E-state index contributed by atoms with van der Waals surface area (Å²) in [6, 6.07) is 14.0. The molecule has 0 heterocycles. The number of rotatable bonds is 11. The Morgan fingerprint density at radius 1 is 1.07 bits per heavy atom. The average Bonchev–Trinajstić information content (AvgIpc) is 2.64. The van der Waals surface area contributed by atoms with Gasteiger partial charge in [-0.3, -0.25) is 9.10 Å². The molecule has 2 aromatic carbocycles. The molecule has 2 aromatic rings. The Bertz CT molecular complexity index is 938. The van der Waals surface area contributed by atoms with Crippen LogP contribution in [0.2, 0.25) is 0 Å². The number of hydrogen-bond donors (Lipinski definition) is 1. The maximum atomic E-state index is 12.2. The normalized spacial score (nSPS) is 11.3. The first kappa shape index (κ1) is 24.3. The van der Waals surface area contributed by atoms with E-state index in [9.17, 15) is 13.2 Å². The minimum Gasteiger partial charge on any atom is -0.355 e. The third-order valence-corrected chi connectivity index (χ3v) is 6.95. The van der Waals surface area contributed by atoms with Gasteiger partial charge in [0.25, 0.3) is 0 Å². The molecule has 0 spiro atoms. The monoisotopic (exact) mass is 448 g/mol. The van der Waals surface area contributed by atoms with Gasteiger partial charge in [-0.1, -0.05) is 30.3 Å². The minimum absolute atomic E-state index is 0.0413. The van der Waals surface area contributed by atoms with Crippen LogP contribution in [-0.2, 0) is 20.6 Å². The van der Waals surface area contributed by atoms with E-state index in [-0.39, 0.29) is 12.5 Å². The lowest BCUT2D eigenvalue weighted by Crippen LogP contribution is -2.32. The van der Waals surface area contributed by atoms with Gasteiger partial charge in [-0.2, -0.15) is 11.8 Å². The summed E-state index contributed by atoms with van der Waals surface area (Å²) in [6.45, 7) is 6.90. The van der Waals surface area contributed by atoms with Crippen molar-refractivity contribution < 1.29 is 13.2 Å². The third-order valence-electron chi connectivity index (χ3n) is 4.75. The van der Waals surface area contributed by atoms with Crippen molar-refractivity contribution >= 4 is 33.4 Å². The highest BCUT2D eigenvalue weighted by atomic mass is 32.2. The molecule has 0 bridgehead atoms.